The van der Waals surface area contributed by atoms with E-state index in [-0.39, 0.29) is 6.04 Å². The predicted octanol–water partition coefficient (Wildman–Crippen LogP) is 3.25. The van der Waals surface area contributed by atoms with Crippen LogP contribution in [0.5, 0.6) is 0 Å². The Balaban J connectivity index is 2.10. The molecule has 1 saturated heterocycles. The molecule has 3 heteroatoms. The van der Waals surface area contributed by atoms with Crippen molar-refractivity contribution in [1.29, 1.82) is 0 Å². The summed E-state index contributed by atoms with van der Waals surface area (Å²) in [4.78, 5) is 14.7. The highest BCUT2D eigenvalue weighted by molar-refractivity contribution is 5.84. The van der Waals surface area contributed by atoms with Crippen LogP contribution in [-0.2, 0) is 4.79 Å². The highest BCUT2D eigenvalue weighted by atomic mass is 16.2. The van der Waals surface area contributed by atoms with E-state index in [1.807, 2.05) is 6.92 Å². The van der Waals surface area contributed by atoms with Gasteiger partial charge in [-0.1, -0.05) is 40.5 Å². The lowest BCUT2D eigenvalue weighted by atomic mass is 9.85. The largest absolute Gasteiger partial charge is 0.325 e. The quantitative estimate of drug-likeness (QED) is 0.838. The zero-order valence-electron chi connectivity index (χ0n) is 13.9. The van der Waals surface area contributed by atoms with Gasteiger partial charge in [0.25, 0.3) is 0 Å². The Hall–Kier alpha value is -0.570. The van der Waals surface area contributed by atoms with Crippen molar-refractivity contribution in [2.75, 3.05) is 6.54 Å². The van der Waals surface area contributed by atoms with Gasteiger partial charge in [0.05, 0.1) is 12.2 Å². The summed E-state index contributed by atoms with van der Waals surface area (Å²) in [6.45, 7) is 12.1. The van der Waals surface area contributed by atoms with Crippen molar-refractivity contribution >= 4 is 5.91 Å². The summed E-state index contributed by atoms with van der Waals surface area (Å²) in [5, 5.41) is 3.56. The van der Waals surface area contributed by atoms with Crippen molar-refractivity contribution in [3.8, 4) is 0 Å². The van der Waals surface area contributed by atoms with E-state index >= 15 is 0 Å². The second kappa shape index (κ2) is 6.46. The molecule has 1 heterocycles. The molecule has 2 rings (SSSR count). The maximum Gasteiger partial charge on any atom is 0.240 e. The zero-order valence-corrected chi connectivity index (χ0v) is 13.9. The first kappa shape index (κ1) is 15.8. The lowest BCUT2D eigenvalue weighted by Gasteiger charge is -2.35. The molecule has 1 aliphatic carbocycles. The number of rotatable bonds is 5. The maximum absolute atomic E-state index is 12.5. The molecule has 116 valence electrons. The minimum absolute atomic E-state index is 0.000532. The highest BCUT2D eigenvalue weighted by Gasteiger charge is 2.42. The summed E-state index contributed by atoms with van der Waals surface area (Å²) in [6.07, 6.45) is 5.51. The first-order valence-electron chi connectivity index (χ1n) is 8.48. The van der Waals surface area contributed by atoms with Gasteiger partial charge < -0.3 is 4.90 Å². The minimum atomic E-state index is 0.000532. The van der Waals surface area contributed by atoms with E-state index in [1.165, 1.54) is 25.7 Å². The monoisotopic (exact) mass is 280 g/mol. The number of hydrogen-bond donors (Lipinski definition) is 1. The van der Waals surface area contributed by atoms with Gasteiger partial charge in [0.15, 0.2) is 0 Å². The second-order valence-corrected chi connectivity index (χ2v) is 7.52. The van der Waals surface area contributed by atoms with Crippen molar-refractivity contribution in [3.63, 3.8) is 0 Å². The van der Waals surface area contributed by atoms with Crippen molar-refractivity contribution in [2.45, 2.75) is 72.5 Å². The first-order chi connectivity index (χ1) is 9.41. The molecule has 2 unspecified atom stereocenters. The molecule has 2 atom stereocenters. The van der Waals surface area contributed by atoms with E-state index in [1.54, 1.807) is 0 Å². The Kier molecular flexibility index (Phi) is 5.11. The molecule has 1 N–H and O–H groups in total. The molecule has 20 heavy (non-hydrogen) atoms. The molecule has 0 aromatic carbocycles. The fourth-order valence-electron chi connectivity index (χ4n) is 4.09. The lowest BCUT2D eigenvalue weighted by molar-refractivity contribution is -0.131. The maximum atomic E-state index is 12.5. The lowest BCUT2D eigenvalue weighted by Crippen LogP contribution is -2.46. The Bertz CT molecular complexity index is 326. The van der Waals surface area contributed by atoms with E-state index in [9.17, 15) is 4.79 Å². The number of hydrogen-bond acceptors (Lipinski definition) is 2. The van der Waals surface area contributed by atoms with Gasteiger partial charge in [0, 0.05) is 6.54 Å². The van der Waals surface area contributed by atoms with E-state index in [4.69, 9.17) is 0 Å². The molecule has 2 aliphatic rings. The van der Waals surface area contributed by atoms with Crippen LogP contribution in [0.1, 0.15) is 60.3 Å². The van der Waals surface area contributed by atoms with Crippen molar-refractivity contribution < 1.29 is 4.79 Å². The standard InChI is InChI=1S/C17H32N2O/c1-11(2)15(12(3)4)10-19-16(14-8-6-7-9-14)18-13(5)17(19)20/h11-16,18H,6-10H2,1-5H3. The molecule has 1 aliphatic heterocycles. The minimum Gasteiger partial charge on any atom is -0.325 e. The molecule has 3 nitrogen and oxygen atoms in total. The molecular formula is C17H32N2O. The molecule has 1 amide bonds. The number of carbonyl (C=O) groups excluding carboxylic acids is 1. The Morgan fingerprint density at radius 1 is 1.15 bits per heavy atom. The fourth-order valence-corrected chi connectivity index (χ4v) is 4.09. The van der Waals surface area contributed by atoms with Crippen LogP contribution in [0.2, 0.25) is 0 Å². The number of nitrogens with zero attached hydrogens (tertiary/aromatic N) is 1. The second-order valence-electron chi connectivity index (χ2n) is 7.52. The summed E-state index contributed by atoms with van der Waals surface area (Å²) in [7, 11) is 0. The molecule has 0 bridgehead atoms. The Labute approximate surface area is 124 Å². The van der Waals surface area contributed by atoms with E-state index < -0.39 is 0 Å². The molecule has 0 radical (unpaired) electrons. The predicted molar refractivity (Wildman–Crippen MR) is 83.2 cm³/mol. The van der Waals surface area contributed by atoms with Crippen molar-refractivity contribution in [1.82, 2.24) is 10.2 Å². The Morgan fingerprint density at radius 3 is 2.20 bits per heavy atom. The van der Waals surface area contributed by atoms with E-state index in [0.717, 1.165) is 6.54 Å². The van der Waals surface area contributed by atoms with Crippen LogP contribution >= 0.6 is 0 Å². The van der Waals surface area contributed by atoms with Crippen LogP contribution < -0.4 is 5.32 Å². The van der Waals surface area contributed by atoms with Crippen LogP contribution in [-0.4, -0.2) is 29.6 Å². The molecular weight excluding hydrogens is 248 g/mol. The third kappa shape index (κ3) is 3.19. The fraction of sp³-hybridized carbons (Fsp3) is 0.941. The molecule has 0 spiro atoms. The number of nitrogens with one attached hydrogen (secondary N) is 1. The molecule has 0 aromatic heterocycles. The normalized spacial score (nSPS) is 28.6. The van der Waals surface area contributed by atoms with Gasteiger partial charge in [0.2, 0.25) is 5.91 Å². The van der Waals surface area contributed by atoms with Gasteiger partial charge in [-0.2, -0.15) is 0 Å². The van der Waals surface area contributed by atoms with Crippen LogP contribution in [0.15, 0.2) is 0 Å². The van der Waals surface area contributed by atoms with E-state index in [0.29, 0.717) is 35.7 Å². The summed E-state index contributed by atoms with van der Waals surface area (Å²) >= 11 is 0. The van der Waals surface area contributed by atoms with Crippen LogP contribution in [0, 0.1) is 23.7 Å². The smallest absolute Gasteiger partial charge is 0.240 e. The molecule has 2 fully saturated rings. The van der Waals surface area contributed by atoms with Crippen molar-refractivity contribution in [2.24, 2.45) is 23.7 Å². The summed E-state index contributed by atoms with van der Waals surface area (Å²) in [5.74, 6) is 2.83. The van der Waals surface area contributed by atoms with Crippen LogP contribution in [0.25, 0.3) is 0 Å². The Morgan fingerprint density at radius 2 is 1.70 bits per heavy atom. The third-order valence-corrected chi connectivity index (χ3v) is 5.38. The molecule has 0 aromatic rings. The highest BCUT2D eigenvalue weighted by Crippen LogP contribution is 2.33. The van der Waals surface area contributed by atoms with Crippen LogP contribution in [0.4, 0.5) is 0 Å². The average Bonchev–Trinajstić information content (AvgIpc) is 2.97. The van der Waals surface area contributed by atoms with Gasteiger partial charge in [-0.05, 0) is 43.4 Å². The van der Waals surface area contributed by atoms with Crippen molar-refractivity contribution in [3.05, 3.63) is 0 Å². The first-order valence-corrected chi connectivity index (χ1v) is 8.48. The third-order valence-electron chi connectivity index (χ3n) is 5.38. The number of amides is 1. The number of carbonyl (C=O) groups is 1. The van der Waals surface area contributed by atoms with E-state index in [2.05, 4.69) is 37.9 Å². The van der Waals surface area contributed by atoms with Crippen LogP contribution in [0.3, 0.4) is 0 Å². The van der Waals surface area contributed by atoms with Gasteiger partial charge in [-0.15, -0.1) is 0 Å². The zero-order chi connectivity index (χ0) is 14.9. The summed E-state index contributed by atoms with van der Waals surface area (Å²) in [6, 6.07) is 0.000532. The summed E-state index contributed by atoms with van der Waals surface area (Å²) < 4.78 is 0. The van der Waals surface area contributed by atoms with Gasteiger partial charge >= 0.3 is 0 Å². The van der Waals surface area contributed by atoms with Gasteiger partial charge in [-0.25, -0.2) is 0 Å². The summed E-state index contributed by atoms with van der Waals surface area (Å²) in [5.41, 5.74) is 0. The topological polar surface area (TPSA) is 32.3 Å². The average molecular weight is 280 g/mol. The van der Waals surface area contributed by atoms with Gasteiger partial charge in [-0.3, -0.25) is 10.1 Å². The molecule has 1 saturated carbocycles. The van der Waals surface area contributed by atoms with Gasteiger partial charge in [0.1, 0.15) is 0 Å². The SMILES string of the molecule is CC1NC(C2CCCC2)N(CC(C(C)C)C(C)C)C1=O.